The highest BCUT2D eigenvalue weighted by atomic mass is 32.3. The number of halogens is 1. The molecule has 4 rings (SSSR count). The van der Waals surface area contributed by atoms with Crippen LogP contribution in [0.3, 0.4) is 0 Å². The molecule has 1 fully saturated rings. The lowest BCUT2D eigenvalue weighted by molar-refractivity contribution is 0.0258. The minimum Gasteiger partial charge on any atom is -0.444 e. The summed E-state index contributed by atoms with van der Waals surface area (Å²) in [6, 6.07) is 13.3. The third kappa shape index (κ3) is 5.10. The molecule has 8 nitrogen and oxygen atoms in total. The van der Waals surface area contributed by atoms with Gasteiger partial charge in [0.15, 0.2) is 0 Å². The molecule has 34 heavy (non-hydrogen) atoms. The molecule has 0 saturated carbocycles. The average molecular weight is 493 g/mol. The third-order valence-electron chi connectivity index (χ3n) is 5.84. The topological polar surface area (TPSA) is 79.7 Å². The average Bonchev–Trinajstić information content (AvgIpc) is 2.89. The molecule has 2 N–H and O–H groups in total. The lowest BCUT2D eigenvalue weighted by Crippen LogP contribution is -2.41. The van der Waals surface area contributed by atoms with E-state index < -0.39 is 22.4 Å². The number of anilines is 3. The first kappa shape index (κ1) is 24.6. The number of rotatable bonds is 4. The predicted octanol–water partition coefficient (Wildman–Crippen LogP) is 5.31. The van der Waals surface area contributed by atoms with Crippen molar-refractivity contribution in [2.24, 2.45) is 0 Å². The van der Waals surface area contributed by atoms with E-state index in [1.54, 1.807) is 39.5 Å². The molecule has 186 valence electrons. The fourth-order valence-corrected chi connectivity index (χ4v) is 6.04. The molecule has 2 aliphatic rings. The van der Waals surface area contributed by atoms with Crippen LogP contribution in [0.1, 0.15) is 27.2 Å². The second-order valence-electron chi connectivity index (χ2n) is 9.49. The summed E-state index contributed by atoms with van der Waals surface area (Å²) in [5, 5.41) is 0. The van der Waals surface area contributed by atoms with Gasteiger partial charge in [0.05, 0.1) is 17.9 Å². The minimum atomic E-state index is -3.50. The van der Waals surface area contributed by atoms with Crippen LogP contribution in [-0.2, 0) is 4.74 Å². The van der Waals surface area contributed by atoms with E-state index in [2.05, 4.69) is 4.90 Å². The van der Waals surface area contributed by atoms with E-state index in [1.165, 1.54) is 10.4 Å². The SMILES string of the molecule is CC(C)(C)OC(=O)N1CCCN(CCN2c3ccccc3N(c3ccccc3F)S2(O)O)CC1. The van der Waals surface area contributed by atoms with Gasteiger partial charge in [-0.1, -0.05) is 24.3 Å². The van der Waals surface area contributed by atoms with Crippen molar-refractivity contribution in [3.8, 4) is 0 Å². The molecule has 2 heterocycles. The molecule has 0 radical (unpaired) electrons. The highest BCUT2D eigenvalue weighted by molar-refractivity contribution is 8.27. The van der Waals surface area contributed by atoms with Gasteiger partial charge in [-0.2, -0.15) is 0 Å². The van der Waals surface area contributed by atoms with E-state index in [0.29, 0.717) is 44.1 Å². The molecule has 1 amide bonds. The van der Waals surface area contributed by atoms with Gasteiger partial charge in [0.25, 0.3) is 0 Å². The van der Waals surface area contributed by atoms with Gasteiger partial charge < -0.3 is 9.64 Å². The largest absolute Gasteiger partial charge is 0.444 e. The smallest absolute Gasteiger partial charge is 0.410 e. The van der Waals surface area contributed by atoms with Crippen LogP contribution in [0.25, 0.3) is 0 Å². The Balaban J connectivity index is 1.46. The molecule has 2 aromatic rings. The van der Waals surface area contributed by atoms with Crippen molar-refractivity contribution >= 4 is 34.1 Å². The number of fused-ring (bicyclic) bond motifs is 1. The lowest BCUT2D eigenvalue weighted by Gasteiger charge is -2.44. The minimum absolute atomic E-state index is 0.125. The van der Waals surface area contributed by atoms with Gasteiger partial charge in [-0.05, 0) is 69.0 Å². The highest BCUT2D eigenvalue weighted by Gasteiger charge is 2.42. The molecule has 0 aromatic heterocycles. The molecule has 0 unspecified atom stereocenters. The number of carbonyl (C=O) groups excluding carboxylic acids is 1. The summed E-state index contributed by atoms with van der Waals surface area (Å²) in [7, 11) is -3.50. The Kier molecular flexibility index (Phi) is 6.95. The summed E-state index contributed by atoms with van der Waals surface area (Å²) in [6.45, 7) is 9.07. The van der Waals surface area contributed by atoms with Crippen LogP contribution in [0.5, 0.6) is 0 Å². The first-order chi connectivity index (χ1) is 16.1. The molecule has 1 saturated heterocycles. The van der Waals surface area contributed by atoms with Crippen LogP contribution in [-0.4, -0.2) is 69.9 Å². The van der Waals surface area contributed by atoms with E-state index in [0.717, 1.165) is 13.0 Å². The lowest BCUT2D eigenvalue weighted by atomic mass is 10.2. The van der Waals surface area contributed by atoms with E-state index >= 15 is 0 Å². The van der Waals surface area contributed by atoms with E-state index in [4.69, 9.17) is 4.74 Å². The number of nitrogens with zero attached hydrogens (tertiary/aromatic N) is 4. The van der Waals surface area contributed by atoms with Crippen LogP contribution in [0.15, 0.2) is 48.5 Å². The van der Waals surface area contributed by atoms with Gasteiger partial charge in [-0.15, -0.1) is 0 Å². The normalized spacial score (nSPS) is 19.5. The Labute approximate surface area is 202 Å². The van der Waals surface area contributed by atoms with Crippen molar-refractivity contribution in [1.82, 2.24) is 9.80 Å². The summed E-state index contributed by atoms with van der Waals surface area (Å²) in [5.74, 6) is -0.520. The fourth-order valence-electron chi connectivity index (χ4n) is 4.27. The second kappa shape index (κ2) is 9.61. The number of hydrogen-bond acceptors (Lipinski definition) is 7. The number of para-hydroxylation sites is 3. The van der Waals surface area contributed by atoms with Crippen LogP contribution >= 0.6 is 11.0 Å². The van der Waals surface area contributed by atoms with Gasteiger partial charge in [-0.25, -0.2) is 13.5 Å². The van der Waals surface area contributed by atoms with Crippen molar-refractivity contribution in [2.45, 2.75) is 32.8 Å². The van der Waals surface area contributed by atoms with E-state index in [1.807, 2.05) is 32.9 Å². The van der Waals surface area contributed by atoms with Crippen molar-refractivity contribution in [3.05, 3.63) is 54.3 Å². The summed E-state index contributed by atoms with van der Waals surface area (Å²) >= 11 is 0. The number of ether oxygens (including phenoxy) is 1. The van der Waals surface area contributed by atoms with Gasteiger partial charge in [0, 0.05) is 26.2 Å². The van der Waals surface area contributed by atoms with Crippen LogP contribution in [0.4, 0.5) is 26.2 Å². The fraction of sp³-hybridized carbons (Fsp3) is 0.458. The Morgan fingerprint density at radius 3 is 2.26 bits per heavy atom. The molecule has 2 aromatic carbocycles. The Morgan fingerprint density at radius 1 is 0.941 bits per heavy atom. The highest BCUT2D eigenvalue weighted by Crippen LogP contribution is 2.64. The van der Waals surface area contributed by atoms with E-state index in [-0.39, 0.29) is 11.8 Å². The zero-order valence-electron chi connectivity index (χ0n) is 19.9. The first-order valence-corrected chi connectivity index (χ1v) is 12.9. The summed E-state index contributed by atoms with van der Waals surface area (Å²) in [5.41, 5.74) is 0.792. The van der Waals surface area contributed by atoms with Gasteiger partial charge in [0.2, 0.25) is 0 Å². The standard InChI is InChI=1S/C24H33FN4O4S/c1-24(2,3)33-23(30)27-14-8-13-26(15-17-27)16-18-28-21-11-6-7-12-22(21)29(34(28,31)32)20-10-5-4-9-19(20)25/h4-7,9-12,31-32H,8,13-18H2,1-3H3. The number of benzene rings is 2. The monoisotopic (exact) mass is 492 g/mol. The quantitative estimate of drug-likeness (QED) is 0.599. The summed E-state index contributed by atoms with van der Waals surface area (Å²) in [6.07, 6.45) is 0.491. The maximum atomic E-state index is 14.6. The molecule has 0 atom stereocenters. The number of hydrogen-bond donors (Lipinski definition) is 2. The van der Waals surface area contributed by atoms with Crippen LogP contribution in [0, 0.1) is 5.82 Å². The van der Waals surface area contributed by atoms with Crippen molar-refractivity contribution in [1.29, 1.82) is 0 Å². The third-order valence-corrected chi connectivity index (χ3v) is 7.69. The van der Waals surface area contributed by atoms with Gasteiger partial charge >= 0.3 is 6.09 Å². The molecule has 0 aliphatic carbocycles. The molecule has 10 heteroatoms. The zero-order valence-corrected chi connectivity index (χ0v) is 20.7. The molecular formula is C24H33FN4O4S. The van der Waals surface area contributed by atoms with Crippen LogP contribution < -0.4 is 8.61 Å². The second-order valence-corrected chi connectivity index (χ2v) is 11.3. The maximum absolute atomic E-state index is 14.6. The molecular weight excluding hydrogens is 459 g/mol. The molecule has 0 spiro atoms. The number of carbonyl (C=O) groups is 1. The Morgan fingerprint density at radius 2 is 1.59 bits per heavy atom. The maximum Gasteiger partial charge on any atom is 0.410 e. The predicted molar refractivity (Wildman–Crippen MR) is 134 cm³/mol. The van der Waals surface area contributed by atoms with Crippen LogP contribution in [0.2, 0.25) is 0 Å². The Bertz CT molecular complexity index is 1030. The first-order valence-electron chi connectivity index (χ1n) is 11.5. The summed E-state index contributed by atoms with van der Waals surface area (Å²) in [4.78, 5) is 16.4. The number of amides is 1. The molecule has 2 aliphatic heterocycles. The van der Waals surface area contributed by atoms with Gasteiger partial charge in [-0.3, -0.25) is 18.3 Å². The van der Waals surface area contributed by atoms with Crippen molar-refractivity contribution in [2.75, 3.05) is 47.9 Å². The van der Waals surface area contributed by atoms with E-state index in [9.17, 15) is 18.3 Å². The van der Waals surface area contributed by atoms with Gasteiger partial charge in [0.1, 0.15) is 17.1 Å². The Hall–Kier alpha value is -2.53. The van der Waals surface area contributed by atoms with Crippen molar-refractivity contribution in [3.63, 3.8) is 0 Å². The summed E-state index contributed by atoms with van der Waals surface area (Å²) < 4.78 is 45.5. The zero-order chi connectivity index (χ0) is 24.5. The van der Waals surface area contributed by atoms with Crippen molar-refractivity contribution < 1.29 is 23.0 Å². The molecule has 0 bridgehead atoms.